The maximum absolute atomic E-state index is 5.59. The highest BCUT2D eigenvalue weighted by molar-refractivity contribution is 7.80. The fraction of sp³-hybridized carbons (Fsp3) is 0.538. The smallest absolute Gasteiger partial charge is 0.122 e. The van der Waals surface area contributed by atoms with Crippen LogP contribution in [0.2, 0.25) is 0 Å². The number of hydrogen-bond donors (Lipinski definition) is 1. The highest BCUT2D eigenvalue weighted by Crippen LogP contribution is 2.18. The second kappa shape index (κ2) is 6.22. The lowest BCUT2D eigenvalue weighted by Gasteiger charge is -2.16. The van der Waals surface area contributed by atoms with E-state index in [4.69, 9.17) is 22.7 Å². The summed E-state index contributed by atoms with van der Waals surface area (Å²) in [7, 11) is 1.76. The monoisotopic (exact) mass is 265 g/mol. The van der Waals surface area contributed by atoms with Crippen LogP contribution >= 0.6 is 12.2 Å². The van der Waals surface area contributed by atoms with Crippen molar-refractivity contribution in [2.24, 2.45) is 11.7 Å². The van der Waals surface area contributed by atoms with Crippen LogP contribution in [0.1, 0.15) is 17.7 Å². The quantitative estimate of drug-likeness (QED) is 0.810. The molecule has 1 unspecified atom stereocenters. The summed E-state index contributed by atoms with van der Waals surface area (Å²) < 4.78 is 5.20. The van der Waals surface area contributed by atoms with E-state index in [0.717, 1.165) is 26.2 Å². The van der Waals surface area contributed by atoms with E-state index in [1.807, 2.05) is 12.1 Å². The molecular weight excluding hydrogens is 246 g/mol. The molecule has 0 radical (unpaired) electrons. The van der Waals surface area contributed by atoms with Crippen LogP contribution < -0.4 is 5.73 Å². The standard InChI is InChI=1S/C13H19N3OS/c1-17-9-11-3-5-16(8-11)7-10-2-4-15-12(6-10)13(14)18/h2,4,6,11H,3,5,7-9H2,1H3,(H2,14,18). The number of likely N-dealkylation sites (tertiary alicyclic amines) is 1. The first-order chi connectivity index (χ1) is 8.69. The van der Waals surface area contributed by atoms with Crippen molar-refractivity contribution in [2.75, 3.05) is 26.8 Å². The first-order valence-corrected chi connectivity index (χ1v) is 6.56. The molecule has 98 valence electrons. The summed E-state index contributed by atoms with van der Waals surface area (Å²) in [5.74, 6) is 0.659. The van der Waals surface area contributed by atoms with E-state index in [1.165, 1.54) is 12.0 Å². The van der Waals surface area contributed by atoms with Gasteiger partial charge in [-0.05, 0) is 36.6 Å². The Morgan fingerprint density at radius 3 is 3.22 bits per heavy atom. The third kappa shape index (κ3) is 3.48. The van der Waals surface area contributed by atoms with Crippen molar-refractivity contribution >= 4 is 17.2 Å². The van der Waals surface area contributed by atoms with Gasteiger partial charge < -0.3 is 10.5 Å². The Labute approximate surface area is 113 Å². The van der Waals surface area contributed by atoms with Gasteiger partial charge in [-0.15, -0.1) is 0 Å². The third-order valence-electron chi connectivity index (χ3n) is 3.26. The number of methoxy groups -OCH3 is 1. The lowest BCUT2D eigenvalue weighted by molar-refractivity contribution is 0.152. The SMILES string of the molecule is COCC1CCN(Cc2ccnc(C(N)=S)c2)C1. The molecule has 0 aliphatic carbocycles. The maximum Gasteiger partial charge on any atom is 0.122 e. The van der Waals surface area contributed by atoms with Gasteiger partial charge in [0.05, 0.1) is 12.3 Å². The molecule has 1 aliphatic heterocycles. The molecule has 2 N–H and O–H groups in total. The second-order valence-electron chi connectivity index (χ2n) is 4.76. The van der Waals surface area contributed by atoms with Crippen molar-refractivity contribution in [1.29, 1.82) is 0 Å². The molecule has 4 nitrogen and oxygen atoms in total. The number of ether oxygens (including phenoxy) is 1. The number of aromatic nitrogens is 1. The maximum atomic E-state index is 5.59. The molecule has 2 heterocycles. The fourth-order valence-electron chi connectivity index (χ4n) is 2.39. The predicted octanol–water partition coefficient (Wildman–Crippen LogP) is 1.18. The van der Waals surface area contributed by atoms with E-state index in [9.17, 15) is 0 Å². The normalized spacial score (nSPS) is 20.2. The van der Waals surface area contributed by atoms with Crippen molar-refractivity contribution in [3.05, 3.63) is 29.6 Å². The van der Waals surface area contributed by atoms with Crippen molar-refractivity contribution in [2.45, 2.75) is 13.0 Å². The molecule has 2 rings (SSSR count). The largest absolute Gasteiger partial charge is 0.388 e. The van der Waals surface area contributed by atoms with Gasteiger partial charge in [0.2, 0.25) is 0 Å². The minimum Gasteiger partial charge on any atom is -0.388 e. The topological polar surface area (TPSA) is 51.4 Å². The van der Waals surface area contributed by atoms with Crippen LogP contribution in [0, 0.1) is 5.92 Å². The van der Waals surface area contributed by atoms with Crippen molar-refractivity contribution in [3.8, 4) is 0 Å². The molecule has 1 fully saturated rings. The Hall–Kier alpha value is -1.04. The number of rotatable bonds is 5. The average molecular weight is 265 g/mol. The van der Waals surface area contributed by atoms with Gasteiger partial charge in [-0.2, -0.15) is 0 Å². The lowest BCUT2D eigenvalue weighted by atomic mass is 10.1. The van der Waals surface area contributed by atoms with Crippen molar-refractivity contribution in [1.82, 2.24) is 9.88 Å². The summed E-state index contributed by atoms with van der Waals surface area (Å²) in [4.78, 5) is 6.94. The summed E-state index contributed by atoms with van der Waals surface area (Å²) in [6.07, 6.45) is 2.98. The Morgan fingerprint density at radius 1 is 1.67 bits per heavy atom. The predicted molar refractivity (Wildman–Crippen MR) is 75.4 cm³/mol. The molecule has 1 aromatic heterocycles. The summed E-state index contributed by atoms with van der Waals surface area (Å²) >= 11 is 4.94. The van der Waals surface area contributed by atoms with Gasteiger partial charge >= 0.3 is 0 Å². The number of thiocarbonyl (C=S) groups is 1. The van der Waals surface area contributed by atoms with Crippen LogP contribution in [0.25, 0.3) is 0 Å². The molecule has 0 spiro atoms. The Morgan fingerprint density at radius 2 is 2.50 bits per heavy atom. The average Bonchev–Trinajstić information content (AvgIpc) is 2.77. The van der Waals surface area contributed by atoms with Gasteiger partial charge in [0, 0.05) is 26.4 Å². The molecule has 5 heteroatoms. The molecular formula is C13H19N3OS. The molecule has 1 atom stereocenters. The van der Waals surface area contributed by atoms with Crippen molar-refractivity contribution in [3.63, 3.8) is 0 Å². The molecule has 18 heavy (non-hydrogen) atoms. The van der Waals surface area contributed by atoms with E-state index < -0.39 is 0 Å². The second-order valence-corrected chi connectivity index (χ2v) is 5.20. The summed E-state index contributed by atoms with van der Waals surface area (Å²) in [5.41, 5.74) is 7.51. The molecule has 0 amide bonds. The molecule has 0 aromatic carbocycles. The Kier molecular flexibility index (Phi) is 4.63. The van der Waals surface area contributed by atoms with Gasteiger partial charge in [0.25, 0.3) is 0 Å². The van der Waals surface area contributed by atoms with Gasteiger partial charge in [-0.25, -0.2) is 0 Å². The van der Waals surface area contributed by atoms with Gasteiger partial charge in [-0.3, -0.25) is 9.88 Å². The number of nitrogens with two attached hydrogens (primary N) is 1. The van der Waals surface area contributed by atoms with E-state index in [2.05, 4.69) is 9.88 Å². The van der Waals surface area contributed by atoms with Crippen LogP contribution in [-0.2, 0) is 11.3 Å². The van der Waals surface area contributed by atoms with E-state index in [1.54, 1.807) is 13.3 Å². The molecule has 0 saturated carbocycles. The van der Waals surface area contributed by atoms with E-state index in [0.29, 0.717) is 16.6 Å². The highest BCUT2D eigenvalue weighted by Gasteiger charge is 2.22. The van der Waals surface area contributed by atoms with Gasteiger partial charge in [0.15, 0.2) is 0 Å². The zero-order valence-corrected chi connectivity index (χ0v) is 11.4. The van der Waals surface area contributed by atoms with E-state index >= 15 is 0 Å². The van der Waals surface area contributed by atoms with Crippen LogP contribution in [0.3, 0.4) is 0 Å². The zero-order chi connectivity index (χ0) is 13.0. The van der Waals surface area contributed by atoms with E-state index in [-0.39, 0.29) is 0 Å². The fourth-order valence-corrected chi connectivity index (χ4v) is 2.51. The number of pyridine rings is 1. The molecule has 1 aliphatic rings. The van der Waals surface area contributed by atoms with Crippen LogP contribution in [-0.4, -0.2) is 41.7 Å². The number of hydrogen-bond acceptors (Lipinski definition) is 4. The first kappa shape index (κ1) is 13.4. The minimum absolute atomic E-state index is 0.357. The van der Waals surface area contributed by atoms with Gasteiger partial charge in [-0.1, -0.05) is 12.2 Å². The van der Waals surface area contributed by atoms with Crippen molar-refractivity contribution < 1.29 is 4.74 Å². The highest BCUT2D eigenvalue weighted by atomic mass is 32.1. The Bertz CT molecular complexity index is 424. The molecule has 1 saturated heterocycles. The minimum atomic E-state index is 0.357. The molecule has 0 bridgehead atoms. The zero-order valence-electron chi connectivity index (χ0n) is 10.6. The molecule has 1 aromatic rings. The summed E-state index contributed by atoms with van der Waals surface area (Å²) in [5, 5.41) is 0. The summed E-state index contributed by atoms with van der Waals surface area (Å²) in [6, 6.07) is 4.00. The number of nitrogens with zero attached hydrogens (tertiary/aromatic N) is 2. The Balaban J connectivity index is 1.94. The van der Waals surface area contributed by atoms with Gasteiger partial charge in [0.1, 0.15) is 4.99 Å². The first-order valence-electron chi connectivity index (χ1n) is 6.15. The van der Waals surface area contributed by atoms with Crippen LogP contribution in [0.4, 0.5) is 0 Å². The lowest BCUT2D eigenvalue weighted by Crippen LogP contribution is -2.22. The van der Waals surface area contributed by atoms with Crippen LogP contribution in [0.15, 0.2) is 18.3 Å². The summed E-state index contributed by atoms with van der Waals surface area (Å²) in [6.45, 7) is 4.00. The third-order valence-corrected chi connectivity index (χ3v) is 3.46. The van der Waals surface area contributed by atoms with Crippen LogP contribution in [0.5, 0.6) is 0 Å².